The maximum Gasteiger partial charge on any atom is 0.322 e. The van der Waals surface area contributed by atoms with Gasteiger partial charge in [0.05, 0.1) is 6.54 Å². The van der Waals surface area contributed by atoms with Crippen molar-refractivity contribution >= 4 is 17.8 Å². The van der Waals surface area contributed by atoms with Gasteiger partial charge in [0, 0.05) is 6.42 Å². The number of carboxylic acid groups (broad SMARTS) is 2. The van der Waals surface area contributed by atoms with Gasteiger partial charge in [0.25, 0.3) is 0 Å². The van der Waals surface area contributed by atoms with E-state index in [0.29, 0.717) is 6.42 Å². The quantitative estimate of drug-likeness (QED) is 0.321. The molecule has 4 N–H and O–H groups in total. The highest BCUT2D eigenvalue weighted by atomic mass is 16.4. The van der Waals surface area contributed by atoms with Crippen LogP contribution < -0.4 is 10.6 Å². The fourth-order valence-electron chi connectivity index (χ4n) is 2.23. The summed E-state index contributed by atoms with van der Waals surface area (Å²) < 4.78 is 0. The Morgan fingerprint density at radius 2 is 1.13 bits per heavy atom. The van der Waals surface area contributed by atoms with E-state index in [1.54, 1.807) is 0 Å². The number of aliphatic carboxylic acids is 2. The van der Waals surface area contributed by atoms with E-state index in [1.165, 1.54) is 19.3 Å². The number of amides is 1. The van der Waals surface area contributed by atoms with Gasteiger partial charge in [-0.3, -0.25) is 14.4 Å². The maximum atomic E-state index is 11.3. The lowest BCUT2D eigenvalue weighted by Gasteiger charge is -2.04. The van der Waals surface area contributed by atoms with Crippen molar-refractivity contribution in [3.8, 4) is 0 Å². The van der Waals surface area contributed by atoms with E-state index < -0.39 is 11.9 Å². The molecule has 0 saturated carbocycles. The smallest absolute Gasteiger partial charge is 0.322 e. The highest BCUT2D eigenvalue weighted by molar-refractivity contribution is 5.80. The molecule has 0 bridgehead atoms. The van der Waals surface area contributed by atoms with Crippen LogP contribution in [0, 0.1) is 0 Å². The lowest BCUT2D eigenvalue weighted by molar-refractivity contribution is -0.138. The molecule has 0 atom stereocenters. The molecular weight excluding hydrogens is 300 g/mol. The molecule has 0 heterocycles. The average molecular weight is 330 g/mol. The Kier molecular flexibility index (Phi) is 14.2. The summed E-state index contributed by atoms with van der Waals surface area (Å²) in [4.78, 5) is 31.8. The molecule has 0 radical (unpaired) electrons. The third-order valence-electron chi connectivity index (χ3n) is 3.47. The van der Waals surface area contributed by atoms with Gasteiger partial charge >= 0.3 is 11.9 Å². The van der Waals surface area contributed by atoms with Gasteiger partial charge in [-0.2, -0.15) is 0 Å². The summed E-state index contributed by atoms with van der Waals surface area (Å²) in [7, 11) is 0. The van der Waals surface area contributed by atoms with Crippen LogP contribution in [0.3, 0.4) is 0 Å². The predicted octanol–water partition coefficient (Wildman–Crippen LogP) is 1.76. The molecule has 7 nitrogen and oxygen atoms in total. The SMILES string of the molecule is O=C(O)CNCCCCCCCCCCCC(=O)NCC(=O)O. The molecule has 0 fully saturated rings. The van der Waals surface area contributed by atoms with E-state index in [2.05, 4.69) is 10.6 Å². The third-order valence-corrected chi connectivity index (χ3v) is 3.47. The van der Waals surface area contributed by atoms with Gasteiger partial charge in [0.1, 0.15) is 6.54 Å². The lowest BCUT2D eigenvalue weighted by atomic mass is 10.1. The van der Waals surface area contributed by atoms with Crippen LogP contribution in [0.5, 0.6) is 0 Å². The number of hydrogen-bond donors (Lipinski definition) is 4. The minimum atomic E-state index is -1.02. The molecule has 0 spiro atoms. The van der Waals surface area contributed by atoms with Gasteiger partial charge < -0.3 is 20.8 Å². The summed E-state index contributed by atoms with van der Waals surface area (Å²) in [5.41, 5.74) is 0. The van der Waals surface area contributed by atoms with Crippen LogP contribution >= 0.6 is 0 Å². The highest BCUT2D eigenvalue weighted by Crippen LogP contribution is 2.10. The summed E-state index contributed by atoms with van der Waals surface area (Å²) in [6, 6.07) is 0. The van der Waals surface area contributed by atoms with Crippen LogP contribution in [0.25, 0.3) is 0 Å². The predicted molar refractivity (Wildman–Crippen MR) is 87.3 cm³/mol. The molecule has 134 valence electrons. The second kappa shape index (κ2) is 15.3. The zero-order valence-electron chi connectivity index (χ0n) is 13.8. The molecule has 0 aromatic carbocycles. The third kappa shape index (κ3) is 18.3. The van der Waals surface area contributed by atoms with Crippen LogP contribution in [0.1, 0.15) is 64.2 Å². The molecule has 0 unspecified atom stereocenters. The molecule has 0 aromatic heterocycles. The summed E-state index contributed by atoms with van der Waals surface area (Å²) in [5.74, 6) is -2.02. The van der Waals surface area contributed by atoms with Crippen molar-refractivity contribution in [1.29, 1.82) is 0 Å². The topological polar surface area (TPSA) is 116 Å². The first-order valence-electron chi connectivity index (χ1n) is 8.43. The second-order valence-corrected chi connectivity index (χ2v) is 5.67. The Morgan fingerprint density at radius 3 is 1.65 bits per heavy atom. The Labute approximate surface area is 137 Å². The van der Waals surface area contributed by atoms with E-state index in [-0.39, 0.29) is 19.0 Å². The fraction of sp³-hybridized carbons (Fsp3) is 0.812. The van der Waals surface area contributed by atoms with Crippen molar-refractivity contribution in [2.75, 3.05) is 19.6 Å². The standard InChI is InChI=1S/C16H30N2O5/c19-14(18-13-16(22)23)10-8-6-4-2-1-3-5-7-9-11-17-12-15(20)21/h17H,1-13H2,(H,18,19)(H,20,21)(H,22,23). The van der Waals surface area contributed by atoms with Crippen LogP contribution in [-0.2, 0) is 14.4 Å². The summed E-state index contributed by atoms with van der Waals surface area (Å²) in [5, 5.41) is 22.1. The van der Waals surface area contributed by atoms with Crippen molar-refractivity contribution < 1.29 is 24.6 Å². The van der Waals surface area contributed by atoms with Crippen molar-refractivity contribution in [1.82, 2.24) is 10.6 Å². The van der Waals surface area contributed by atoms with Gasteiger partial charge in [0.15, 0.2) is 0 Å². The van der Waals surface area contributed by atoms with Crippen molar-refractivity contribution in [2.24, 2.45) is 0 Å². The minimum Gasteiger partial charge on any atom is -0.480 e. The zero-order chi connectivity index (χ0) is 17.3. The van der Waals surface area contributed by atoms with Gasteiger partial charge in [0.2, 0.25) is 5.91 Å². The number of unbranched alkanes of at least 4 members (excludes halogenated alkanes) is 8. The molecule has 0 aliphatic carbocycles. The van der Waals surface area contributed by atoms with Gasteiger partial charge in [-0.15, -0.1) is 0 Å². The molecule has 0 aliphatic rings. The number of nitrogens with one attached hydrogen (secondary N) is 2. The summed E-state index contributed by atoms with van der Waals surface area (Å²) in [6.07, 6.45) is 10.2. The fourth-order valence-corrected chi connectivity index (χ4v) is 2.23. The van der Waals surface area contributed by atoms with E-state index in [1.807, 2.05) is 0 Å². The summed E-state index contributed by atoms with van der Waals surface area (Å²) >= 11 is 0. The average Bonchev–Trinajstić information content (AvgIpc) is 2.49. The maximum absolute atomic E-state index is 11.3. The second-order valence-electron chi connectivity index (χ2n) is 5.67. The van der Waals surface area contributed by atoms with Crippen LogP contribution in [0.4, 0.5) is 0 Å². The number of carbonyl (C=O) groups excluding carboxylic acids is 1. The first-order valence-corrected chi connectivity index (χ1v) is 8.43. The number of carbonyl (C=O) groups is 3. The number of rotatable bonds is 16. The summed E-state index contributed by atoms with van der Waals surface area (Å²) in [6.45, 7) is 0.495. The normalized spacial score (nSPS) is 10.4. The lowest BCUT2D eigenvalue weighted by Crippen LogP contribution is -2.28. The molecule has 0 aliphatic heterocycles. The van der Waals surface area contributed by atoms with Crippen molar-refractivity contribution in [3.63, 3.8) is 0 Å². The molecular formula is C16H30N2O5. The zero-order valence-corrected chi connectivity index (χ0v) is 13.8. The van der Waals surface area contributed by atoms with Gasteiger partial charge in [-0.1, -0.05) is 44.9 Å². The highest BCUT2D eigenvalue weighted by Gasteiger charge is 2.03. The van der Waals surface area contributed by atoms with E-state index in [0.717, 1.165) is 45.1 Å². The van der Waals surface area contributed by atoms with E-state index >= 15 is 0 Å². The first kappa shape index (κ1) is 21.4. The van der Waals surface area contributed by atoms with Crippen LogP contribution in [0.2, 0.25) is 0 Å². The molecule has 0 saturated heterocycles. The minimum absolute atomic E-state index is 0.0360. The molecule has 23 heavy (non-hydrogen) atoms. The molecule has 0 aromatic rings. The number of hydrogen-bond acceptors (Lipinski definition) is 4. The molecule has 1 amide bonds. The Balaban J connectivity index is 3.14. The van der Waals surface area contributed by atoms with Gasteiger partial charge in [-0.05, 0) is 19.4 Å². The van der Waals surface area contributed by atoms with Crippen molar-refractivity contribution in [2.45, 2.75) is 64.2 Å². The Hall–Kier alpha value is -1.63. The first-order chi connectivity index (χ1) is 11.0. The molecule has 0 rings (SSSR count). The van der Waals surface area contributed by atoms with Crippen LogP contribution in [-0.4, -0.2) is 47.7 Å². The van der Waals surface area contributed by atoms with E-state index in [4.69, 9.17) is 10.2 Å². The van der Waals surface area contributed by atoms with Crippen LogP contribution in [0.15, 0.2) is 0 Å². The van der Waals surface area contributed by atoms with E-state index in [9.17, 15) is 14.4 Å². The monoisotopic (exact) mass is 330 g/mol. The Morgan fingerprint density at radius 1 is 0.652 bits per heavy atom. The molecule has 7 heteroatoms. The van der Waals surface area contributed by atoms with Gasteiger partial charge in [-0.25, -0.2) is 0 Å². The number of carboxylic acids is 2. The van der Waals surface area contributed by atoms with Crippen molar-refractivity contribution in [3.05, 3.63) is 0 Å². The largest absolute Gasteiger partial charge is 0.480 e. The Bertz CT molecular complexity index is 347.